The van der Waals surface area contributed by atoms with E-state index in [1.807, 2.05) is 6.07 Å². The van der Waals surface area contributed by atoms with Crippen LogP contribution in [0.4, 0.5) is 5.69 Å². The Bertz CT molecular complexity index is 491. The summed E-state index contributed by atoms with van der Waals surface area (Å²) in [5, 5.41) is 11.4. The summed E-state index contributed by atoms with van der Waals surface area (Å²) in [4.78, 5) is 21.7. The molecule has 1 aliphatic heterocycles. The maximum absolute atomic E-state index is 11.1. The van der Waals surface area contributed by atoms with Crippen LogP contribution < -0.4 is 5.32 Å². The first-order chi connectivity index (χ1) is 7.56. The number of carboxylic acids is 1. The highest BCUT2D eigenvalue weighted by Crippen LogP contribution is 2.27. The number of carbonyl (C=O) groups is 2. The second-order valence-electron chi connectivity index (χ2n) is 3.77. The van der Waals surface area contributed by atoms with Crippen LogP contribution in [-0.4, -0.2) is 17.0 Å². The molecule has 0 saturated heterocycles. The van der Waals surface area contributed by atoms with Crippen molar-refractivity contribution < 1.29 is 14.7 Å². The first-order valence-corrected chi connectivity index (χ1v) is 4.89. The van der Waals surface area contributed by atoms with E-state index in [1.54, 1.807) is 12.1 Å². The number of anilines is 1. The van der Waals surface area contributed by atoms with Crippen molar-refractivity contribution in [2.45, 2.75) is 12.8 Å². The Balaban J connectivity index is 2.25. The predicted molar refractivity (Wildman–Crippen MR) is 60.1 cm³/mol. The predicted octanol–water partition coefficient (Wildman–Crippen LogP) is 1.67. The van der Waals surface area contributed by atoms with Crippen LogP contribution in [0.3, 0.4) is 0 Å². The van der Waals surface area contributed by atoms with E-state index in [9.17, 15) is 9.59 Å². The van der Waals surface area contributed by atoms with Gasteiger partial charge in [0.2, 0.25) is 5.91 Å². The molecule has 0 spiro atoms. The zero-order chi connectivity index (χ0) is 11.7. The van der Waals surface area contributed by atoms with Crippen molar-refractivity contribution in [3.63, 3.8) is 0 Å². The average molecular weight is 217 g/mol. The molecule has 16 heavy (non-hydrogen) atoms. The summed E-state index contributed by atoms with van der Waals surface area (Å²) >= 11 is 0. The zero-order valence-corrected chi connectivity index (χ0v) is 8.62. The first kappa shape index (κ1) is 10.4. The van der Waals surface area contributed by atoms with Crippen molar-refractivity contribution in [2.75, 3.05) is 5.32 Å². The molecule has 1 aromatic carbocycles. The Morgan fingerprint density at radius 2 is 2.25 bits per heavy atom. The van der Waals surface area contributed by atoms with E-state index in [-0.39, 0.29) is 12.3 Å². The minimum Gasteiger partial charge on any atom is -0.481 e. The molecule has 2 rings (SSSR count). The van der Waals surface area contributed by atoms with Gasteiger partial charge in [-0.25, -0.2) is 0 Å². The highest BCUT2D eigenvalue weighted by molar-refractivity contribution is 5.99. The van der Waals surface area contributed by atoms with Crippen LogP contribution in [0, 0.1) is 0 Å². The van der Waals surface area contributed by atoms with Crippen LogP contribution in [0.1, 0.15) is 17.5 Å². The summed E-state index contributed by atoms with van der Waals surface area (Å²) < 4.78 is 0. The molecule has 1 amide bonds. The van der Waals surface area contributed by atoms with Crippen molar-refractivity contribution >= 4 is 23.1 Å². The summed E-state index contributed by atoms with van der Waals surface area (Å²) in [5.41, 5.74) is 3.03. The van der Waals surface area contributed by atoms with Gasteiger partial charge in [0.25, 0.3) is 0 Å². The van der Waals surface area contributed by atoms with E-state index < -0.39 is 5.97 Å². The number of carboxylic acid groups (broad SMARTS) is 1. The molecule has 0 fully saturated rings. The molecule has 0 radical (unpaired) electrons. The molecule has 0 aromatic heterocycles. The smallest absolute Gasteiger partial charge is 0.307 e. The van der Waals surface area contributed by atoms with Gasteiger partial charge in [0.1, 0.15) is 0 Å². The van der Waals surface area contributed by atoms with E-state index in [2.05, 4.69) is 11.9 Å². The van der Waals surface area contributed by atoms with Crippen LogP contribution in [0.2, 0.25) is 0 Å². The van der Waals surface area contributed by atoms with Crippen LogP contribution in [-0.2, 0) is 16.0 Å². The third-order valence-corrected chi connectivity index (χ3v) is 2.50. The number of amides is 1. The fourth-order valence-corrected chi connectivity index (χ4v) is 1.73. The van der Waals surface area contributed by atoms with E-state index in [0.29, 0.717) is 12.0 Å². The molecular formula is C12H11NO3. The topological polar surface area (TPSA) is 66.4 Å². The fourth-order valence-electron chi connectivity index (χ4n) is 1.73. The standard InChI is InChI=1S/C12H11NO3/c1-7(4-12(15)16)8-2-3-10-9(5-8)6-11(14)13-10/h2-3,5H,1,4,6H2,(H,13,14)(H,15,16). The van der Waals surface area contributed by atoms with Gasteiger partial charge in [-0.15, -0.1) is 0 Å². The maximum Gasteiger partial charge on any atom is 0.307 e. The normalized spacial score (nSPS) is 13.1. The van der Waals surface area contributed by atoms with E-state index in [1.165, 1.54) is 0 Å². The lowest BCUT2D eigenvalue weighted by atomic mass is 10.0. The second-order valence-corrected chi connectivity index (χ2v) is 3.77. The summed E-state index contributed by atoms with van der Waals surface area (Å²) in [5.74, 6) is -0.935. The van der Waals surface area contributed by atoms with Gasteiger partial charge in [0.05, 0.1) is 12.8 Å². The molecule has 0 unspecified atom stereocenters. The van der Waals surface area contributed by atoms with Crippen molar-refractivity contribution in [1.82, 2.24) is 0 Å². The third kappa shape index (κ3) is 1.95. The van der Waals surface area contributed by atoms with E-state index >= 15 is 0 Å². The molecule has 0 saturated carbocycles. The molecule has 0 aliphatic carbocycles. The van der Waals surface area contributed by atoms with E-state index in [0.717, 1.165) is 16.8 Å². The lowest BCUT2D eigenvalue weighted by Crippen LogP contribution is -2.03. The van der Waals surface area contributed by atoms with Gasteiger partial charge < -0.3 is 10.4 Å². The minimum absolute atomic E-state index is 0.0315. The molecule has 1 heterocycles. The van der Waals surface area contributed by atoms with Crippen LogP contribution in [0.5, 0.6) is 0 Å². The Labute approximate surface area is 92.6 Å². The molecule has 2 N–H and O–H groups in total. The Morgan fingerprint density at radius 1 is 1.50 bits per heavy atom. The second kappa shape index (κ2) is 3.81. The van der Waals surface area contributed by atoms with Crippen molar-refractivity contribution in [1.29, 1.82) is 0 Å². The molecule has 82 valence electrons. The Kier molecular flexibility index (Phi) is 2.48. The van der Waals surface area contributed by atoms with Gasteiger partial charge in [-0.1, -0.05) is 12.6 Å². The molecule has 4 nitrogen and oxygen atoms in total. The highest BCUT2D eigenvalue weighted by Gasteiger charge is 2.18. The lowest BCUT2D eigenvalue weighted by molar-refractivity contribution is -0.135. The summed E-state index contributed by atoms with van der Waals surface area (Å²) in [6.45, 7) is 3.72. The van der Waals surface area contributed by atoms with Gasteiger partial charge >= 0.3 is 5.97 Å². The number of hydrogen-bond donors (Lipinski definition) is 2. The number of nitrogens with one attached hydrogen (secondary N) is 1. The van der Waals surface area contributed by atoms with Crippen molar-refractivity contribution in [3.05, 3.63) is 35.9 Å². The van der Waals surface area contributed by atoms with Gasteiger partial charge in [-0.2, -0.15) is 0 Å². The lowest BCUT2D eigenvalue weighted by Gasteiger charge is -2.05. The van der Waals surface area contributed by atoms with Crippen LogP contribution in [0.15, 0.2) is 24.8 Å². The third-order valence-electron chi connectivity index (χ3n) is 2.50. The fraction of sp³-hybridized carbons (Fsp3) is 0.167. The average Bonchev–Trinajstić information content (AvgIpc) is 2.55. The monoisotopic (exact) mass is 217 g/mol. The number of benzene rings is 1. The molecule has 0 bridgehead atoms. The van der Waals surface area contributed by atoms with Gasteiger partial charge in [-0.3, -0.25) is 9.59 Å². The maximum atomic E-state index is 11.1. The number of fused-ring (bicyclic) bond motifs is 1. The summed E-state index contributed by atoms with van der Waals surface area (Å²) in [6.07, 6.45) is 0.268. The number of hydrogen-bond acceptors (Lipinski definition) is 2. The molecule has 1 aliphatic rings. The number of carbonyl (C=O) groups excluding carboxylic acids is 1. The quantitative estimate of drug-likeness (QED) is 0.809. The zero-order valence-electron chi connectivity index (χ0n) is 8.62. The van der Waals surface area contributed by atoms with Crippen LogP contribution in [0.25, 0.3) is 5.57 Å². The van der Waals surface area contributed by atoms with E-state index in [4.69, 9.17) is 5.11 Å². The highest BCUT2D eigenvalue weighted by atomic mass is 16.4. The summed E-state index contributed by atoms with van der Waals surface area (Å²) in [7, 11) is 0. The first-order valence-electron chi connectivity index (χ1n) is 4.89. The number of aliphatic carboxylic acids is 1. The molecule has 1 aromatic rings. The van der Waals surface area contributed by atoms with Crippen molar-refractivity contribution in [2.24, 2.45) is 0 Å². The van der Waals surface area contributed by atoms with Gasteiger partial charge in [0.15, 0.2) is 0 Å². The van der Waals surface area contributed by atoms with Gasteiger partial charge in [0, 0.05) is 5.69 Å². The SMILES string of the molecule is C=C(CC(=O)O)c1ccc2c(c1)CC(=O)N2. The summed E-state index contributed by atoms with van der Waals surface area (Å²) in [6, 6.07) is 5.37. The van der Waals surface area contributed by atoms with Crippen LogP contribution >= 0.6 is 0 Å². The Morgan fingerprint density at radius 3 is 2.94 bits per heavy atom. The minimum atomic E-state index is -0.903. The van der Waals surface area contributed by atoms with Gasteiger partial charge in [-0.05, 0) is 28.8 Å². The Hall–Kier alpha value is -2.10. The molecular weight excluding hydrogens is 206 g/mol. The largest absolute Gasteiger partial charge is 0.481 e. The molecule has 4 heteroatoms. The van der Waals surface area contributed by atoms with Crippen molar-refractivity contribution in [3.8, 4) is 0 Å². The number of rotatable bonds is 3. The molecule has 0 atom stereocenters.